The largest absolute Gasteiger partial charge is 0.372 e. The molecule has 0 aliphatic carbocycles. The number of anilines is 3. The van der Waals surface area contributed by atoms with Crippen LogP contribution in [-0.2, 0) is 17.8 Å². The lowest BCUT2D eigenvalue weighted by atomic mass is 9.86. The molecule has 1 aliphatic rings. The number of pyridine rings is 1. The molecule has 194 valence electrons. The van der Waals surface area contributed by atoms with E-state index in [-0.39, 0.29) is 11.9 Å². The van der Waals surface area contributed by atoms with E-state index in [0.717, 1.165) is 40.3 Å². The molecule has 3 aromatic carbocycles. The summed E-state index contributed by atoms with van der Waals surface area (Å²) in [5, 5.41) is 0.678. The lowest BCUT2D eigenvalue weighted by Gasteiger charge is -2.39. The van der Waals surface area contributed by atoms with Crippen LogP contribution in [0.3, 0.4) is 0 Å². The van der Waals surface area contributed by atoms with E-state index in [1.165, 1.54) is 5.56 Å². The molecule has 0 radical (unpaired) electrons. The Balaban J connectivity index is 1.53. The summed E-state index contributed by atoms with van der Waals surface area (Å²) in [6.45, 7) is 5.13. The van der Waals surface area contributed by atoms with Crippen molar-refractivity contribution >= 4 is 34.6 Å². The van der Waals surface area contributed by atoms with Gasteiger partial charge in [-0.25, -0.2) is 0 Å². The third-order valence-corrected chi connectivity index (χ3v) is 7.65. The Morgan fingerprint density at radius 1 is 0.921 bits per heavy atom. The average molecular weight is 525 g/mol. The molecule has 38 heavy (non-hydrogen) atoms. The molecule has 0 spiro atoms. The van der Waals surface area contributed by atoms with Gasteiger partial charge in [0.2, 0.25) is 5.91 Å². The van der Waals surface area contributed by atoms with Crippen molar-refractivity contribution in [2.24, 2.45) is 0 Å². The zero-order valence-corrected chi connectivity index (χ0v) is 23.1. The smallest absolute Gasteiger partial charge is 0.232 e. The lowest BCUT2D eigenvalue weighted by molar-refractivity contribution is -0.118. The maximum Gasteiger partial charge on any atom is 0.232 e. The molecule has 0 saturated carbocycles. The summed E-state index contributed by atoms with van der Waals surface area (Å²) in [4.78, 5) is 24.2. The van der Waals surface area contributed by atoms with Gasteiger partial charge in [0, 0.05) is 61.2 Å². The maximum atomic E-state index is 13.7. The summed E-state index contributed by atoms with van der Waals surface area (Å²) in [7, 11) is 4.18. The van der Waals surface area contributed by atoms with Crippen molar-refractivity contribution < 1.29 is 4.79 Å². The van der Waals surface area contributed by atoms with Crippen molar-refractivity contribution in [3.8, 4) is 0 Å². The molecular weight excluding hydrogens is 492 g/mol. The van der Waals surface area contributed by atoms with E-state index in [1.807, 2.05) is 65.8 Å². The third kappa shape index (κ3) is 5.25. The van der Waals surface area contributed by atoms with Crippen molar-refractivity contribution in [1.82, 2.24) is 4.98 Å². The molecule has 5 nitrogen and oxygen atoms in total. The second kappa shape index (κ2) is 10.9. The van der Waals surface area contributed by atoms with Gasteiger partial charge in [-0.15, -0.1) is 0 Å². The Bertz CT molecular complexity index is 1400. The van der Waals surface area contributed by atoms with Crippen molar-refractivity contribution in [3.63, 3.8) is 0 Å². The minimum atomic E-state index is -0.246. The van der Waals surface area contributed by atoms with E-state index in [0.29, 0.717) is 17.5 Å². The number of hydrogen-bond acceptors (Lipinski definition) is 4. The first kappa shape index (κ1) is 25.8. The molecule has 1 amide bonds. The summed E-state index contributed by atoms with van der Waals surface area (Å²) in [6.07, 6.45) is 4.00. The normalized spacial score (nSPS) is 14.9. The fourth-order valence-electron chi connectivity index (χ4n) is 5.03. The first-order valence-electron chi connectivity index (χ1n) is 12.9. The molecule has 2 heterocycles. The van der Waals surface area contributed by atoms with E-state index in [2.05, 4.69) is 73.1 Å². The van der Waals surface area contributed by atoms with Crippen LogP contribution in [-0.4, -0.2) is 31.0 Å². The molecule has 1 aliphatic heterocycles. The van der Waals surface area contributed by atoms with Crippen LogP contribution >= 0.6 is 11.6 Å². The molecule has 0 saturated heterocycles. The van der Waals surface area contributed by atoms with E-state index in [4.69, 9.17) is 11.6 Å². The fourth-order valence-corrected chi connectivity index (χ4v) is 5.16. The van der Waals surface area contributed by atoms with Gasteiger partial charge in [-0.1, -0.05) is 29.8 Å². The zero-order chi connectivity index (χ0) is 26.8. The van der Waals surface area contributed by atoms with Gasteiger partial charge in [-0.05, 0) is 96.8 Å². The number of amides is 1. The number of halogens is 1. The topological polar surface area (TPSA) is 39.7 Å². The summed E-state index contributed by atoms with van der Waals surface area (Å²) >= 11 is 6.24. The summed E-state index contributed by atoms with van der Waals surface area (Å²) in [5.41, 5.74) is 7.55. The molecule has 4 aromatic rings. The first-order chi connectivity index (χ1) is 18.3. The predicted octanol–water partition coefficient (Wildman–Crippen LogP) is 6.89. The molecule has 1 aromatic heterocycles. The highest BCUT2D eigenvalue weighted by Crippen LogP contribution is 2.41. The molecular formula is C32H33ClN4O. The van der Waals surface area contributed by atoms with Crippen LogP contribution < -0.4 is 14.7 Å². The third-order valence-electron chi connectivity index (χ3n) is 7.40. The highest BCUT2D eigenvalue weighted by Gasteiger charge is 2.35. The van der Waals surface area contributed by atoms with Crippen molar-refractivity contribution in [2.75, 3.05) is 28.8 Å². The number of benzene rings is 3. The van der Waals surface area contributed by atoms with Crippen LogP contribution in [0.25, 0.3) is 0 Å². The molecule has 0 fully saturated rings. The van der Waals surface area contributed by atoms with E-state index < -0.39 is 0 Å². The van der Waals surface area contributed by atoms with Gasteiger partial charge in [0.1, 0.15) is 0 Å². The fraction of sp³-hybridized carbons (Fsp3) is 0.250. The van der Waals surface area contributed by atoms with Crippen molar-refractivity contribution in [3.05, 3.63) is 119 Å². The van der Waals surface area contributed by atoms with Gasteiger partial charge in [0.25, 0.3) is 0 Å². The average Bonchev–Trinajstić information content (AvgIpc) is 2.93. The number of fused-ring (bicyclic) bond motifs is 1. The Kier molecular flexibility index (Phi) is 7.39. The number of carbonyl (C=O) groups excluding carboxylic acids is 1. The highest BCUT2D eigenvalue weighted by atomic mass is 35.5. The lowest BCUT2D eigenvalue weighted by Crippen LogP contribution is -2.41. The van der Waals surface area contributed by atoms with Crippen LogP contribution in [0.5, 0.6) is 0 Å². The number of nitrogens with zero attached hydrogens (tertiary/aromatic N) is 4. The Labute approximate surface area is 230 Å². The van der Waals surface area contributed by atoms with Gasteiger partial charge in [-0.3, -0.25) is 9.78 Å². The summed E-state index contributed by atoms with van der Waals surface area (Å²) < 4.78 is 0. The first-order valence-corrected chi connectivity index (χ1v) is 13.3. The second-order valence-electron chi connectivity index (χ2n) is 10.2. The van der Waals surface area contributed by atoms with E-state index in [1.54, 1.807) is 0 Å². The predicted molar refractivity (Wildman–Crippen MR) is 157 cm³/mol. The van der Waals surface area contributed by atoms with E-state index >= 15 is 0 Å². The molecule has 0 N–H and O–H groups in total. The monoisotopic (exact) mass is 524 g/mol. The number of aromatic nitrogens is 1. The van der Waals surface area contributed by atoms with Crippen LogP contribution in [0.1, 0.15) is 42.1 Å². The maximum absolute atomic E-state index is 13.7. The number of carbonyl (C=O) groups is 1. The molecule has 1 atom stereocenters. The van der Waals surface area contributed by atoms with Crippen LogP contribution in [0.2, 0.25) is 5.02 Å². The molecule has 6 heteroatoms. The van der Waals surface area contributed by atoms with Gasteiger partial charge < -0.3 is 14.7 Å². The SMILES string of the molecule is CC(C)N(C)c1ccc2c(c1)C(c1ccc(Cl)cc1)N(c1ccc(N(C)Cc3ccncc3)cc1)C(=O)C2. The summed E-state index contributed by atoms with van der Waals surface area (Å²) in [6, 6.07) is 26.8. The standard InChI is InChI=1S/C32H33ClN4O/c1-22(2)36(4)29-10-7-25-19-31(38)37(32(30(25)20-29)24-5-8-26(33)9-6-24)28-13-11-27(12-14-28)35(3)21-23-15-17-34-18-16-23/h5-18,20,22,32H,19,21H2,1-4H3. The zero-order valence-electron chi connectivity index (χ0n) is 22.3. The van der Waals surface area contributed by atoms with Crippen LogP contribution in [0, 0.1) is 0 Å². The van der Waals surface area contributed by atoms with Gasteiger partial charge in [0.15, 0.2) is 0 Å². The number of rotatable bonds is 7. The number of hydrogen-bond donors (Lipinski definition) is 0. The second-order valence-corrected chi connectivity index (χ2v) is 10.6. The molecule has 5 rings (SSSR count). The highest BCUT2D eigenvalue weighted by molar-refractivity contribution is 6.30. The quantitative estimate of drug-likeness (QED) is 0.264. The Morgan fingerprint density at radius 3 is 2.24 bits per heavy atom. The van der Waals surface area contributed by atoms with E-state index in [9.17, 15) is 4.79 Å². The minimum absolute atomic E-state index is 0.0836. The van der Waals surface area contributed by atoms with Gasteiger partial charge in [0.05, 0.1) is 12.5 Å². The Hall–Kier alpha value is -3.83. The van der Waals surface area contributed by atoms with Crippen LogP contribution in [0.15, 0.2) is 91.3 Å². The van der Waals surface area contributed by atoms with Gasteiger partial charge >= 0.3 is 0 Å². The Morgan fingerprint density at radius 2 is 1.58 bits per heavy atom. The van der Waals surface area contributed by atoms with Crippen molar-refractivity contribution in [1.29, 1.82) is 0 Å². The summed E-state index contributed by atoms with van der Waals surface area (Å²) in [5.74, 6) is 0.0836. The molecule has 0 bridgehead atoms. The molecule has 1 unspecified atom stereocenters. The van der Waals surface area contributed by atoms with Crippen molar-refractivity contribution in [2.45, 2.75) is 38.9 Å². The van der Waals surface area contributed by atoms with Gasteiger partial charge in [-0.2, -0.15) is 0 Å². The van der Waals surface area contributed by atoms with Crippen LogP contribution in [0.4, 0.5) is 17.1 Å². The minimum Gasteiger partial charge on any atom is -0.372 e.